The fraction of sp³-hybridized carbons (Fsp3) is 0.940. The van der Waals surface area contributed by atoms with Gasteiger partial charge in [0.1, 0.15) is 13.2 Å². The lowest BCUT2D eigenvalue weighted by atomic mass is 9.99. The Morgan fingerprint density at radius 3 is 1.02 bits per heavy atom. The van der Waals surface area contributed by atoms with E-state index in [0.29, 0.717) is 19.3 Å². The molecule has 6 heteroatoms. The van der Waals surface area contributed by atoms with Gasteiger partial charge in [-0.25, -0.2) is 0 Å². The van der Waals surface area contributed by atoms with Gasteiger partial charge >= 0.3 is 17.9 Å². The van der Waals surface area contributed by atoms with E-state index in [0.717, 1.165) is 69.6 Å². The topological polar surface area (TPSA) is 78.9 Å². The van der Waals surface area contributed by atoms with Crippen LogP contribution in [-0.4, -0.2) is 37.2 Å². The molecule has 0 aromatic heterocycles. The summed E-state index contributed by atoms with van der Waals surface area (Å²) in [5.74, 6) is 0.823. The Hall–Kier alpha value is -1.59. The van der Waals surface area contributed by atoms with E-state index in [1.165, 1.54) is 161 Å². The standard InChI is InChI=1S/C50H96O6/c1-6-8-9-10-11-12-13-14-20-25-30-35-40-48(51)54-43-47(56-50(53)42-37-32-27-22-17-18-23-28-33-38-45(3)4)44-55-49(52)41-36-31-26-21-16-15-19-24-29-34-39-46(5)7-2/h45-47H,6-44H2,1-5H3/t46?,47-/m1/s1. The van der Waals surface area contributed by atoms with Crippen LogP contribution in [0.2, 0.25) is 0 Å². The molecule has 0 aliphatic carbocycles. The SMILES string of the molecule is CCCCCCCCCCCCCCC(=O)OC[C@H](COC(=O)CCCCCCCCCCCCC(C)CC)OC(=O)CCCCCCCCCCCC(C)C. The van der Waals surface area contributed by atoms with Gasteiger partial charge in [-0.3, -0.25) is 14.4 Å². The maximum Gasteiger partial charge on any atom is 0.306 e. The molecule has 0 rings (SSSR count). The van der Waals surface area contributed by atoms with Crippen LogP contribution < -0.4 is 0 Å². The molecule has 0 radical (unpaired) electrons. The molecule has 0 heterocycles. The maximum atomic E-state index is 12.7. The van der Waals surface area contributed by atoms with Gasteiger partial charge in [0, 0.05) is 19.3 Å². The molecule has 332 valence electrons. The fourth-order valence-electron chi connectivity index (χ4n) is 7.43. The van der Waals surface area contributed by atoms with Crippen molar-refractivity contribution in [3.05, 3.63) is 0 Å². The Morgan fingerprint density at radius 1 is 0.375 bits per heavy atom. The molecule has 1 unspecified atom stereocenters. The normalized spacial score (nSPS) is 12.5. The average Bonchev–Trinajstić information content (AvgIpc) is 3.18. The summed E-state index contributed by atoms with van der Waals surface area (Å²) < 4.78 is 16.8. The van der Waals surface area contributed by atoms with Crippen molar-refractivity contribution in [2.75, 3.05) is 13.2 Å². The number of hydrogen-bond acceptors (Lipinski definition) is 6. The summed E-state index contributed by atoms with van der Waals surface area (Å²) in [4.78, 5) is 37.8. The smallest absolute Gasteiger partial charge is 0.306 e. The summed E-state index contributed by atoms with van der Waals surface area (Å²) in [6.07, 6.45) is 42.2. The van der Waals surface area contributed by atoms with Crippen molar-refractivity contribution in [3.63, 3.8) is 0 Å². The quantitative estimate of drug-likeness (QED) is 0.0347. The molecule has 0 saturated heterocycles. The molecule has 0 aromatic carbocycles. The Morgan fingerprint density at radius 2 is 0.679 bits per heavy atom. The number of esters is 3. The second-order valence-corrected chi connectivity index (χ2v) is 17.8. The minimum absolute atomic E-state index is 0.0643. The highest BCUT2D eigenvalue weighted by Crippen LogP contribution is 2.17. The predicted octanol–water partition coefficient (Wildman–Crippen LogP) is 15.8. The molecule has 2 atom stereocenters. The first-order valence-electron chi connectivity index (χ1n) is 24.8. The van der Waals surface area contributed by atoms with Crippen LogP contribution in [0, 0.1) is 11.8 Å². The molecule has 0 spiro atoms. The fourth-order valence-corrected chi connectivity index (χ4v) is 7.43. The molecule has 6 nitrogen and oxygen atoms in total. The highest BCUT2D eigenvalue weighted by atomic mass is 16.6. The Kier molecular flexibility index (Phi) is 41.8. The minimum atomic E-state index is -0.761. The van der Waals surface area contributed by atoms with Gasteiger partial charge in [-0.05, 0) is 31.1 Å². The summed E-state index contributed by atoms with van der Waals surface area (Å²) in [5, 5.41) is 0. The molecule has 56 heavy (non-hydrogen) atoms. The van der Waals surface area contributed by atoms with Crippen LogP contribution in [0.1, 0.15) is 272 Å². The second-order valence-electron chi connectivity index (χ2n) is 17.8. The lowest BCUT2D eigenvalue weighted by molar-refractivity contribution is -0.167. The lowest BCUT2D eigenvalue weighted by Crippen LogP contribution is -2.30. The zero-order chi connectivity index (χ0) is 41.2. The number of hydrogen-bond donors (Lipinski definition) is 0. The molecule has 0 aromatic rings. The summed E-state index contributed by atoms with van der Waals surface area (Å²) >= 11 is 0. The van der Waals surface area contributed by atoms with Crippen molar-refractivity contribution in [2.45, 2.75) is 278 Å². The summed E-state index contributed by atoms with van der Waals surface area (Å²) in [6, 6.07) is 0. The van der Waals surface area contributed by atoms with E-state index in [-0.39, 0.29) is 31.1 Å². The number of rotatable bonds is 44. The highest BCUT2D eigenvalue weighted by Gasteiger charge is 2.19. The first-order chi connectivity index (χ1) is 27.3. The van der Waals surface area contributed by atoms with Gasteiger partial charge in [0.15, 0.2) is 6.10 Å². The van der Waals surface area contributed by atoms with Crippen LogP contribution in [0.25, 0.3) is 0 Å². The average molecular weight is 793 g/mol. The van der Waals surface area contributed by atoms with Gasteiger partial charge in [-0.2, -0.15) is 0 Å². The van der Waals surface area contributed by atoms with Crippen molar-refractivity contribution in [1.82, 2.24) is 0 Å². The van der Waals surface area contributed by atoms with Crippen LogP contribution in [0.3, 0.4) is 0 Å². The molecule has 0 aliphatic rings. The third kappa shape index (κ3) is 42.0. The van der Waals surface area contributed by atoms with Crippen molar-refractivity contribution in [2.24, 2.45) is 11.8 Å². The molecule has 0 bridgehead atoms. The zero-order valence-corrected chi connectivity index (χ0v) is 38.3. The van der Waals surface area contributed by atoms with Crippen molar-refractivity contribution in [1.29, 1.82) is 0 Å². The van der Waals surface area contributed by atoms with Crippen LogP contribution >= 0.6 is 0 Å². The van der Waals surface area contributed by atoms with Crippen LogP contribution in [0.5, 0.6) is 0 Å². The minimum Gasteiger partial charge on any atom is -0.462 e. The summed E-state index contributed by atoms with van der Waals surface area (Å²) in [5.41, 5.74) is 0. The van der Waals surface area contributed by atoms with E-state index in [2.05, 4.69) is 34.6 Å². The molecule has 0 amide bonds. The first kappa shape index (κ1) is 54.4. The van der Waals surface area contributed by atoms with Gasteiger partial charge in [-0.1, -0.05) is 234 Å². The Labute approximate surface area is 348 Å². The van der Waals surface area contributed by atoms with E-state index in [4.69, 9.17) is 14.2 Å². The van der Waals surface area contributed by atoms with E-state index < -0.39 is 6.10 Å². The van der Waals surface area contributed by atoms with Crippen LogP contribution in [0.15, 0.2) is 0 Å². The van der Waals surface area contributed by atoms with E-state index in [9.17, 15) is 14.4 Å². The molecule has 0 fully saturated rings. The van der Waals surface area contributed by atoms with Crippen LogP contribution in [0.4, 0.5) is 0 Å². The van der Waals surface area contributed by atoms with E-state index in [1.54, 1.807) is 0 Å². The van der Waals surface area contributed by atoms with Gasteiger partial charge < -0.3 is 14.2 Å². The van der Waals surface area contributed by atoms with E-state index >= 15 is 0 Å². The lowest BCUT2D eigenvalue weighted by Gasteiger charge is -2.18. The maximum absolute atomic E-state index is 12.7. The van der Waals surface area contributed by atoms with Gasteiger partial charge in [0.25, 0.3) is 0 Å². The Bertz CT molecular complexity index is 856. The monoisotopic (exact) mass is 793 g/mol. The second kappa shape index (κ2) is 43.0. The van der Waals surface area contributed by atoms with Gasteiger partial charge in [-0.15, -0.1) is 0 Å². The number of unbranched alkanes of at least 4 members (excludes halogenated alkanes) is 28. The number of carbonyl (C=O) groups excluding carboxylic acids is 3. The number of ether oxygens (including phenoxy) is 3. The van der Waals surface area contributed by atoms with Gasteiger partial charge in [0.05, 0.1) is 0 Å². The van der Waals surface area contributed by atoms with Crippen molar-refractivity contribution < 1.29 is 28.6 Å². The largest absolute Gasteiger partial charge is 0.462 e. The van der Waals surface area contributed by atoms with Crippen molar-refractivity contribution in [3.8, 4) is 0 Å². The summed E-state index contributed by atoms with van der Waals surface area (Å²) in [6.45, 7) is 11.4. The first-order valence-corrected chi connectivity index (χ1v) is 24.8. The molecule has 0 N–H and O–H groups in total. The predicted molar refractivity (Wildman–Crippen MR) is 238 cm³/mol. The Balaban J connectivity index is 4.33. The third-order valence-corrected chi connectivity index (χ3v) is 11.6. The van der Waals surface area contributed by atoms with Crippen molar-refractivity contribution >= 4 is 17.9 Å². The zero-order valence-electron chi connectivity index (χ0n) is 38.3. The van der Waals surface area contributed by atoms with Crippen LogP contribution in [-0.2, 0) is 28.6 Å². The molecule has 0 saturated carbocycles. The molecule has 0 aliphatic heterocycles. The molecular weight excluding hydrogens is 697 g/mol. The highest BCUT2D eigenvalue weighted by molar-refractivity contribution is 5.71. The third-order valence-electron chi connectivity index (χ3n) is 11.6. The van der Waals surface area contributed by atoms with E-state index in [1.807, 2.05) is 0 Å². The van der Waals surface area contributed by atoms with Gasteiger partial charge in [0.2, 0.25) is 0 Å². The summed E-state index contributed by atoms with van der Waals surface area (Å²) in [7, 11) is 0. The number of carbonyl (C=O) groups is 3. The molecular formula is C50H96O6.